The van der Waals surface area contributed by atoms with E-state index in [2.05, 4.69) is 4.98 Å². The second-order valence-electron chi connectivity index (χ2n) is 2.45. The van der Waals surface area contributed by atoms with Gasteiger partial charge in [-0.2, -0.15) is 0 Å². The highest BCUT2D eigenvalue weighted by molar-refractivity contribution is 6.44. The van der Waals surface area contributed by atoms with Gasteiger partial charge in [-0.25, -0.2) is 4.98 Å². The van der Waals surface area contributed by atoms with Crippen molar-refractivity contribution < 1.29 is 0 Å². The number of aromatic nitrogens is 1. The molecule has 1 aromatic carbocycles. The Morgan fingerprint density at radius 2 is 1.83 bits per heavy atom. The second-order valence-corrected chi connectivity index (χ2v) is 3.19. The summed E-state index contributed by atoms with van der Waals surface area (Å²) in [5.41, 5.74) is 0. The van der Waals surface area contributed by atoms with Crippen LogP contribution in [0.15, 0.2) is 30.5 Å². The minimum atomic E-state index is 0.357. The van der Waals surface area contributed by atoms with Crippen LogP contribution in [-0.4, -0.2) is 4.98 Å². The van der Waals surface area contributed by atoms with E-state index in [0.29, 0.717) is 10.2 Å². The molecule has 1 heterocycles. The van der Waals surface area contributed by atoms with E-state index in [1.165, 1.54) is 0 Å². The van der Waals surface area contributed by atoms with Crippen molar-refractivity contribution in [3.8, 4) is 0 Å². The van der Waals surface area contributed by atoms with Crippen molar-refractivity contribution in [1.82, 2.24) is 4.98 Å². The summed E-state index contributed by atoms with van der Waals surface area (Å²) < 4.78 is 0. The van der Waals surface area contributed by atoms with Crippen LogP contribution in [0.5, 0.6) is 0 Å². The number of benzene rings is 1. The molecule has 0 saturated heterocycles. The molecule has 0 aliphatic heterocycles. The number of fused-ring (bicyclic) bond motifs is 1. The number of pyridine rings is 1. The third kappa shape index (κ3) is 1.15. The Kier molecular flexibility index (Phi) is 1.91. The lowest BCUT2D eigenvalue weighted by molar-refractivity contribution is 1.36. The molecule has 0 spiro atoms. The van der Waals surface area contributed by atoms with Crippen molar-refractivity contribution in [3.63, 3.8) is 0 Å². The minimum absolute atomic E-state index is 0.357. The predicted octanol–water partition coefficient (Wildman–Crippen LogP) is 3.54. The maximum atomic E-state index is 5.93. The Morgan fingerprint density at radius 1 is 1.08 bits per heavy atom. The van der Waals surface area contributed by atoms with E-state index in [1.807, 2.05) is 24.3 Å². The lowest BCUT2D eigenvalue weighted by Gasteiger charge is -1.99. The first kappa shape index (κ1) is 7.84. The molecule has 2 aromatic rings. The highest BCUT2D eigenvalue weighted by Gasteiger charge is 2.02. The maximum absolute atomic E-state index is 5.93. The molecule has 0 unspecified atom stereocenters. The average molecular weight is 198 g/mol. The van der Waals surface area contributed by atoms with Crippen molar-refractivity contribution in [2.75, 3.05) is 0 Å². The molecule has 0 N–H and O–H groups in total. The summed E-state index contributed by atoms with van der Waals surface area (Å²) in [5, 5.41) is 2.83. The summed E-state index contributed by atoms with van der Waals surface area (Å²) in [6.45, 7) is 0. The Bertz CT molecular complexity index is 426. The average Bonchev–Trinajstić information content (AvgIpc) is 2.12. The summed E-state index contributed by atoms with van der Waals surface area (Å²) >= 11 is 11.7. The lowest BCUT2D eigenvalue weighted by atomic mass is 10.2. The fourth-order valence-electron chi connectivity index (χ4n) is 1.10. The van der Waals surface area contributed by atoms with E-state index >= 15 is 0 Å². The Hall–Kier alpha value is -0.790. The maximum Gasteiger partial charge on any atom is 0.148 e. The van der Waals surface area contributed by atoms with E-state index in [-0.39, 0.29) is 0 Å². The van der Waals surface area contributed by atoms with Crippen molar-refractivity contribution >= 4 is 34.0 Å². The first-order chi connectivity index (χ1) is 5.79. The fraction of sp³-hybridized carbons (Fsp3) is 0. The SMILES string of the molecule is Clc1ncc2ccccc2c1Cl. The summed E-state index contributed by atoms with van der Waals surface area (Å²) in [6.07, 6.45) is 1.71. The predicted molar refractivity (Wildman–Crippen MR) is 51.8 cm³/mol. The van der Waals surface area contributed by atoms with Gasteiger partial charge < -0.3 is 0 Å². The molecule has 0 radical (unpaired) electrons. The van der Waals surface area contributed by atoms with Crippen LogP contribution in [0.1, 0.15) is 0 Å². The van der Waals surface area contributed by atoms with Crippen LogP contribution in [0.2, 0.25) is 10.2 Å². The molecular weight excluding hydrogens is 193 g/mol. The molecule has 0 bridgehead atoms. The molecule has 0 amide bonds. The quantitative estimate of drug-likeness (QED) is 0.590. The van der Waals surface area contributed by atoms with Gasteiger partial charge in [-0.3, -0.25) is 0 Å². The van der Waals surface area contributed by atoms with Gasteiger partial charge in [-0.05, 0) is 0 Å². The number of nitrogens with zero attached hydrogens (tertiary/aromatic N) is 1. The smallest absolute Gasteiger partial charge is 0.148 e. The van der Waals surface area contributed by atoms with Crippen molar-refractivity contribution in [2.24, 2.45) is 0 Å². The van der Waals surface area contributed by atoms with Gasteiger partial charge in [0.05, 0.1) is 5.02 Å². The molecule has 0 fully saturated rings. The Labute approximate surface area is 79.9 Å². The molecular formula is C9H5Cl2N. The summed E-state index contributed by atoms with van der Waals surface area (Å²) in [5.74, 6) is 0. The number of hydrogen-bond donors (Lipinski definition) is 0. The van der Waals surface area contributed by atoms with Gasteiger partial charge in [-0.15, -0.1) is 0 Å². The monoisotopic (exact) mass is 197 g/mol. The van der Waals surface area contributed by atoms with Crippen LogP contribution in [0.25, 0.3) is 10.8 Å². The van der Waals surface area contributed by atoms with Gasteiger partial charge in [0, 0.05) is 17.0 Å². The van der Waals surface area contributed by atoms with Gasteiger partial charge in [0.15, 0.2) is 0 Å². The van der Waals surface area contributed by atoms with Crippen LogP contribution in [-0.2, 0) is 0 Å². The normalized spacial score (nSPS) is 10.5. The van der Waals surface area contributed by atoms with Crippen molar-refractivity contribution in [2.45, 2.75) is 0 Å². The van der Waals surface area contributed by atoms with Gasteiger partial charge in [0.2, 0.25) is 0 Å². The summed E-state index contributed by atoms with van der Waals surface area (Å²) in [7, 11) is 0. The molecule has 0 atom stereocenters. The van der Waals surface area contributed by atoms with Crippen LogP contribution >= 0.6 is 23.2 Å². The molecule has 1 nitrogen and oxygen atoms in total. The highest BCUT2D eigenvalue weighted by Crippen LogP contribution is 2.27. The molecule has 1 aromatic heterocycles. The summed E-state index contributed by atoms with van der Waals surface area (Å²) in [6, 6.07) is 7.73. The molecule has 2 rings (SSSR count). The fourth-order valence-corrected chi connectivity index (χ4v) is 1.47. The largest absolute Gasteiger partial charge is 0.242 e. The second kappa shape index (κ2) is 2.92. The van der Waals surface area contributed by atoms with Crippen LogP contribution in [0.4, 0.5) is 0 Å². The Balaban J connectivity index is 2.91. The van der Waals surface area contributed by atoms with Crippen LogP contribution < -0.4 is 0 Å². The van der Waals surface area contributed by atoms with Crippen molar-refractivity contribution in [3.05, 3.63) is 40.6 Å². The van der Waals surface area contributed by atoms with Gasteiger partial charge in [0.1, 0.15) is 5.15 Å². The number of halogens is 2. The van der Waals surface area contributed by atoms with Gasteiger partial charge in [0.25, 0.3) is 0 Å². The van der Waals surface area contributed by atoms with E-state index < -0.39 is 0 Å². The zero-order chi connectivity index (χ0) is 8.55. The minimum Gasteiger partial charge on any atom is -0.242 e. The third-order valence-electron chi connectivity index (χ3n) is 1.70. The van der Waals surface area contributed by atoms with Crippen molar-refractivity contribution in [1.29, 1.82) is 0 Å². The zero-order valence-electron chi connectivity index (χ0n) is 6.09. The molecule has 3 heteroatoms. The van der Waals surface area contributed by atoms with E-state index in [4.69, 9.17) is 23.2 Å². The molecule has 60 valence electrons. The highest BCUT2D eigenvalue weighted by atomic mass is 35.5. The lowest BCUT2D eigenvalue weighted by Crippen LogP contribution is -1.79. The van der Waals surface area contributed by atoms with Crippen LogP contribution in [0, 0.1) is 0 Å². The Morgan fingerprint density at radius 3 is 2.67 bits per heavy atom. The topological polar surface area (TPSA) is 12.9 Å². The number of hydrogen-bond acceptors (Lipinski definition) is 1. The molecule has 12 heavy (non-hydrogen) atoms. The molecule has 0 saturated carbocycles. The first-order valence-corrected chi connectivity index (χ1v) is 4.23. The van der Waals surface area contributed by atoms with Crippen LogP contribution in [0.3, 0.4) is 0 Å². The zero-order valence-corrected chi connectivity index (χ0v) is 7.60. The van der Waals surface area contributed by atoms with E-state index in [9.17, 15) is 0 Å². The van der Waals surface area contributed by atoms with E-state index in [0.717, 1.165) is 10.8 Å². The third-order valence-corrected chi connectivity index (χ3v) is 2.46. The number of rotatable bonds is 0. The summed E-state index contributed by atoms with van der Waals surface area (Å²) in [4.78, 5) is 3.94. The first-order valence-electron chi connectivity index (χ1n) is 3.48. The van der Waals surface area contributed by atoms with E-state index in [1.54, 1.807) is 6.20 Å². The van der Waals surface area contributed by atoms with Gasteiger partial charge in [-0.1, -0.05) is 47.5 Å². The van der Waals surface area contributed by atoms with Gasteiger partial charge >= 0.3 is 0 Å². The molecule has 0 aliphatic carbocycles. The standard InChI is InChI=1S/C9H5Cl2N/c10-8-7-4-2-1-3-6(7)5-12-9(8)11/h1-5H. The molecule has 0 aliphatic rings.